The van der Waals surface area contributed by atoms with Gasteiger partial charge in [0.15, 0.2) is 5.96 Å². The molecule has 1 atom stereocenters. The summed E-state index contributed by atoms with van der Waals surface area (Å²) in [6.07, 6.45) is -3.42. The monoisotopic (exact) mass is 511 g/mol. The van der Waals surface area contributed by atoms with Crippen LogP contribution in [-0.2, 0) is 6.54 Å². The Hall–Kier alpha value is -1.07. The highest BCUT2D eigenvalue weighted by Crippen LogP contribution is 2.20. The van der Waals surface area contributed by atoms with E-state index < -0.39 is 12.7 Å². The van der Waals surface area contributed by atoms with Gasteiger partial charge in [-0.3, -0.25) is 14.8 Å². The van der Waals surface area contributed by atoms with E-state index in [9.17, 15) is 13.2 Å². The van der Waals surface area contributed by atoms with Crippen molar-refractivity contribution in [2.75, 3.05) is 52.9 Å². The minimum atomic E-state index is -4.13. The Labute approximate surface area is 182 Å². The fraction of sp³-hybridized carbons (Fsp3) is 0.632. The summed E-state index contributed by atoms with van der Waals surface area (Å²) in [5.74, 6) is 0.799. The first-order valence-electron chi connectivity index (χ1n) is 9.46. The van der Waals surface area contributed by atoms with Gasteiger partial charge in [-0.15, -0.1) is 24.0 Å². The Balaban J connectivity index is 0.00000280. The van der Waals surface area contributed by atoms with Crippen LogP contribution in [0, 0.1) is 0 Å². The van der Waals surface area contributed by atoms with E-state index in [0.717, 1.165) is 38.7 Å². The summed E-state index contributed by atoms with van der Waals surface area (Å²) in [7, 11) is 1.74. The number of aliphatic imine (C=N–C) groups is 1. The molecule has 0 aromatic heterocycles. The molecule has 9 heteroatoms. The van der Waals surface area contributed by atoms with E-state index in [4.69, 9.17) is 0 Å². The van der Waals surface area contributed by atoms with Crippen molar-refractivity contribution in [3.8, 4) is 0 Å². The van der Waals surface area contributed by atoms with Crippen molar-refractivity contribution >= 4 is 29.9 Å². The maximum atomic E-state index is 12.5. The molecule has 158 valence electrons. The quantitative estimate of drug-likeness (QED) is 0.383. The topological polar surface area (TPSA) is 34.1 Å². The van der Waals surface area contributed by atoms with Gasteiger partial charge in [0.2, 0.25) is 0 Å². The molecule has 1 aromatic rings. The van der Waals surface area contributed by atoms with Gasteiger partial charge in [-0.05, 0) is 12.0 Å². The van der Waals surface area contributed by atoms with Crippen LogP contribution < -0.4 is 5.32 Å². The molecule has 0 aliphatic carbocycles. The minimum Gasteiger partial charge on any atom is -0.352 e. The average molecular weight is 511 g/mol. The molecule has 0 amide bonds. The van der Waals surface area contributed by atoms with Gasteiger partial charge in [-0.2, -0.15) is 13.2 Å². The van der Waals surface area contributed by atoms with E-state index in [1.54, 1.807) is 7.05 Å². The smallest absolute Gasteiger partial charge is 0.352 e. The fourth-order valence-corrected chi connectivity index (χ4v) is 3.79. The van der Waals surface area contributed by atoms with E-state index in [-0.39, 0.29) is 30.0 Å². The highest BCUT2D eigenvalue weighted by atomic mass is 127. The summed E-state index contributed by atoms with van der Waals surface area (Å²) in [6, 6.07) is 10.4. The minimum absolute atomic E-state index is 0. The number of alkyl halides is 3. The number of piperazine rings is 1. The predicted octanol–water partition coefficient (Wildman–Crippen LogP) is 2.63. The summed E-state index contributed by atoms with van der Waals surface area (Å²) >= 11 is 0. The van der Waals surface area contributed by atoms with Crippen LogP contribution in [0.3, 0.4) is 0 Å². The zero-order chi connectivity index (χ0) is 19.3. The van der Waals surface area contributed by atoms with E-state index in [1.165, 1.54) is 10.5 Å². The molecule has 2 aliphatic heterocycles. The highest BCUT2D eigenvalue weighted by molar-refractivity contribution is 14.0. The van der Waals surface area contributed by atoms with Gasteiger partial charge < -0.3 is 10.2 Å². The number of rotatable bonds is 4. The molecule has 2 saturated heterocycles. The Bertz CT molecular complexity index is 618. The zero-order valence-electron chi connectivity index (χ0n) is 16.2. The predicted molar refractivity (Wildman–Crippen MR) is 116 cm³/mol. The SMILES string of the molecule is CN=C(NC1CCN(CC(F)(F)F)C1)N1CCN(Cc2ccccc2)CC1.I. The lowest BCUT2D eigenvalue weighted by atomic mass is 10.2. The molecule has 0 spiro atoms. The molecule has 1 unspecified atom stereocenters. The average Bonchev–Trinajstić information content (AvgIpc) is 3.06. The van der Waals surface area contributed by atoms with Crippen molar-refractivity contribution in [2.24, 2.45) is 4.99 Å². The lowest BCUT2D eigenvalue weighted by Crippen LogP contribution is -2.54. The van der Waals surface area contributed by atoms with Crippen LogP contribution in [0.2, 0.25) is 0 Å². The molecule has 28 heavy (non-hydrogen) atoms. The van der Waals surface area contributed by atoms with Gasteiger partial charge in [0.25, 0.3) is 0 Å². The van der Waals surface area contributed by atoms with Crippen LogP contribution in [0.4, 0.5) is 13.2 Å². The van der Waals surface area contributed by atoms with Gasteiger partial charge in [0, 0.05) is 58.9 Å². The molecule has 0 radical (unpaired) electrons. The van der Waals surface area contributed by atoms with Crippen molar-refractivity contribution in [3.05, 3.63) is 35.9 Å². The Kier molecular flexibility index (Phi) is 8.81. The van der Waals surface area contributed by atoms with Crippen molar-refractivity contribution in [3.63, 3.8) is 0 Å². The summed E-state index contributed by atoms with van der Waals surface area (Å²) in [4.78, 5) is 10.4. The summed E-state index contributed by atoms with van der Waals surface area (Å²) in [5, 5.41) is 3.36. The van der Waals surface area contributed by atoms with Gasteiger partial charge >= 0.3 is 6.18 Å². The third-order valence-corrected chi connectivity index (χ3v) is 5.14. The van der Waals surface area contributed by atoms with Crippen LogP contribution in [0.15, 0.2) is 35.3 Å². The first kappa shape index (κ1) is 23.2. The number of hydrogen-bond donors (Lipinski definition) is 1. The maximum absolute atomic E-state index is 12.5. The van der Waals surface area contributed by atoms with Crippen LogP contribution in [-0.4, -0.2) is 85.7 Å². The number of nitrogens with one attached hydrogen (secondary N) is 1. The molecule has 3 rings (SSSR count). The molecule has 0 bridgehead atoms. The third-order valence-electron chi connectivity index (χ3n) is 5.14. The highest BCUT2D eigenvalue weighted by Gasteiger charge is 2.35. The van der Waals surface area contributed by atoms with Gasteiger partial charge in [-0.25, -0.2) is 0 Å². The molecule has 1 N–H and O–H groups in total. The molecule has 2 heterocycles. The molecule has 0 saturated carbocycles. The second kappa shape index (κ2) is 10.6. The van der Waals surface area contributed by atoms with E-state index in [0.29, 0.717) is 19.5 Å². The standard InChI is InChI=1S/C19H28F3N5.HI/c1-23-18(24-17-7-8-26(14-17)15-19(20,21)22)27-11-9-25(10-12-27)13-16-5-3-2-4-6-16;/h2-6,17H,7-15H2,1H3,(H,23,24);1H. The van der Waals surface area contributed by atoms with Gasteiger partial charge in [0.05, 0.1) is 6.54 Å². The van der Waals surface area contributed by atoms with Crippen LogP contribution in [0.1, 0.15) is 12.0 Å². The number of nitrogens with zero attached hydrogens (tertiary/aromatic N) is 4. The molecular weight excluding hydrogens is 482 g/mol. The lowest BCUT2D eigenvalue weighted by Gasteiger charge is -2.37. The lowest BCUT2D eigenvalue weighted by molar-refractivity contribution is -0.143. The molecule has 2 fully saturated rings. The van der Waals surface area contributed by atoms with Crippen LogP contribution >= 0.6 is 24.0 Å². The Morgan fingerprint density at radius 3 is 2.36 bits per heavy atom. The van der Waals surface area contributed by atoms with E-state index >= 15 is 0 Å². The maximum Gasteiger partial charge on any atom is 0.401 e. The Morgan fingerprint density at radius 1 is 1.07 bits per heavy atom. The number of hydrogen-bond acceptors (Lipinski definition) is 3. The zero-order valence-corrected chi connectivity index (χ0v) is 18.5. The summed E-state index contributed by atoms with van der Waals surface area (Å²) in [6.45, 7) is 4.61. The van der Waals surface area contributed by atoms with Crippen LogP contribution in [0.5, 0.6) is 0 Å². The first-order chi connectivity index (χ1) is 12.9. The van der Waals surface area contributed by atoms with Crippen molar-refractivity contribution in [2.45, 2.75) is 25.2 Å². The van der Waals surface area contributed by atoms with E-state index in [2.05, 4.69) is 44.4 Å². The van der Waals surface area contributed by atoms with E-state index in [1.807, 2.05) is 6.07 Å². The fourth-order valence-electron chi connectivity index (χ4n) is 3.79. The molecule has 1 aromatic carbocycles. The number of halogens is 4. The van der Waals surface area contributed by atoms with Crippen molar-refractivity contribution < 1.29 is 13.2 Å². The number of likely N-dealkylation sites (tertiary alicyclic amines) is 1. The van der Waals surface area contributed by atoms with Gasteiger partial charge in [-0.1, -0.05) is 30.3 Å². The second-order valence-electron chi connectivity index (χ2n) is 7.28. The largest absolute Gasteiger partial charge is 0.401 e. The Morgan fingerprint density at radius 2 is 1.75 bits per heavy atom. The molecular formula is C19H29F3IN5. The third kappa shape index (κ3) is 7.07. The number of guanidine groups is 1. The molecule has 2 aliphatic rings. The van der Waals surface area contributed by atoms with Crippen molar-refractivity contribution in [1.82, 2.24) is 20.0 Å². The number of benzene rings is 1. The van der Waals surface area contributed by atoms with Crippen molar-refractivity contribution in [1.29, 1.82) is 0 Å². The molecule has 5 nitrogen and oxygen atoms in total. The van der Waals surface area contributed by atoms with Crippen LogP contribution in [0.25, 0.3) is 0 Å². The normalized spacial score (nSPS) is 22.2. The van der Waals surface area contributed by atoms with Gasteiger partial charge in [0.1, 0.15) is 0 Å². The second-order valence-corrected chi connectivity index (χ2v) is 7.28. The summed E-state index contributed by atoms with van der Waals surface area (Å²) in [5.41, 5.74) is 1.31. The summed E-state index contributed by atoms with van der Waals surface area (Å²) < 4.78 is 37.6. The first-order valence-corrected chi connectivity index (χ1v) is 9.46.